The maximum absolute atomic E-state index is 12.6. The van der Waals surface area contributed by atoms with E-state index in [0.717, 1.165) is 24.1 Å². The summed E-state index contributed by atoms with van der Waals surface area (Å²) in [5.74, 6) is 0. The molecule has 1 aromatic carbocycles. The molecule has 0 fully saturated rings. The first-order valence-electron chi connectivity index (χ1n) is 5.53. The molecule has 2 rings (SSSR count). The van der Waals surface area contributed by atoms with Crippen LogP contribution in [-0.2, 0) is 12.6 Å². The van der Waals surface area contributed by atoms with Crippen LogP contribution in [0.5, 0.6) is 0 Å². The topological polar surface area (TPSA) is 46.2 Å². The second-order valence-corrected chi connectivity index (χ2v) is 4.41. The van der Waals surface area contributed by atoms with E-state index in [1.807, 2.05) is 0 Å². The lowest BCUT2D eigenvalue weighted by Gasteiger charge is -2.19. The highest BCUT2D eigenvalue weighted by atomic mass is 19.4. The fourth-order valence-electron chi connectivity index (χ4n) is 2.19. The summed E-state index contributed by atoms with van der Waals surface area (Å²) in [7, 11) is 0. The van der Waals surface area contributed by atoms with Crippen molar-refractivity contribution >= 4 is 0 Å². The Morgan fingerprint density at radius 2 is 2.00 bits per heavy atom. The monoisotopic (exact) mass is 245 g/mol. The van der Waals surface area contributed by atoms with Gasteiger partial charge in [0.2, 0.25) is 0 Å². The van der Waals surface area contributed by atoms with E-state index in [2.05, 4.69) is 0 Å². The van der Waals surface area contributed by atoms with Crippen molar-refractivity contribution in [2.75, 3.05) is 0 Å². The minimum absolute atomic E-state index is 0.324. The quantitative estimate of drug-likeness (QED) is 0.689. The van der Waals surface area contributed by atoms with Crippen LogP contribution in [0.1, 0.15) is 35.6 Å². The summed E-state index contributed by atoms with van der Waals surface area (Å²) in [4.78, 5) is 0. The Labute approximate surface area is 97.2 Å². The zero-order valence-corrected chi connectivity index (χ0v) is 9.17. The van der Waals surface area contributed by atoms with Crippen molar-refractivity contribution in [2.45, 2.75) is 37.6 Å². The summed E-state index contributed by atoms with van der Waals surface area (Å²) >= 11 is 0. The van der Waals surface area contributed by atoms with Crippen LogP contribution in [-0.4, -0.2) is 11.1 Å². The van der Waals surface area contributed by atoms with E-state index in [0.29, 0.717) is 18.4 Å². The second-order valence-electron chi connectivity index (χ2n) is 4.41. The highest BCUT2D eigenvalue weighted by molar-refractivity contribution is 5.36. The van der Waals surface area contributed by atoms with E-state index < -0.39 is 23.9 Å². The molecule has 0 saturated heterocycles. The van der Waals surface area contributed by atoms with Crippen LogP contribution in [0.4, 0.5) is 13.2 Å². The van der Waals surface area contributed by atoms with Gasteiger partial charge in [-0.25, -0.2) is 0 Å². The van der Waals surface area contributed by atoms with Crippen LogP contribution in [0, 0.1) is 0 Å². The van der Waals surface area contributed by atoms with Gasteiger partial charge in [0.25, 0.3) is 0 Å². The molecule has 0 radical (unpaired) electrons. The third kappa shape index (κ3) is 2.45. The summed E-state index contributed by atoms with van der Waals surface area (Å²) in [5.41, 5.74) is 6.08. The lowest BCUT2D eigenvalue weighted by Crippen LogP contribution is -2.27. The number of hydrogen-bond donors (Lipinski definition) is 2. The highest BCUT2D eigenvalue weighted by Gasteiger charge is 2.33. The molecule has 0 aromatic heterocycles. The molecule has 2 atom stereocenters. The van der Waals surface area contributed by atoms with Gasteiger partial charge in [0.15, 0.2) is 0 Å². The molecule has 94 valence electrons. The van der Waals surface area contributed by atoms with Gasteiger partial charge in [-0.3, -0.25) is 0 Å². The van der Waals surface area contributed by atoms with E-state index in [-0.39, 0.29) is 0 Å². The molecule has 0 spiro atoms. The van der Waals surface area contributed by atoms with Crippen molar-refractivity contribution in [1.82, 2.24) is 0 Å². The van der Waals surface area contributed by atoms with Crippen LogP contribution >= 0.6 is 0 Å². The average Bonchev–Trinajstić information content (AvgIpc) is 2.39. The van der Waals surface area contributed by atoms with Crippen molar-refractivity contribution < 1.29 is 18.3 Å². The first kappa shape index (κ1) is 12.4. The molecule has 0 heterocycles. The van der Waals surface area contributed by atoms with Crippen LogP contribution in [0.2, 0.25) is 0 Å². The number of aliphatic hydroxyl groups excluding tert-OH is 1. The minimum atomic E-state index is -4.38. The maximum Gasteiger partial charge on any atom is 0.416 e. The third-order valence-corrected chi connectivity index (χ3v) is 3.18. The van der Waals surface area contributed by atoms with Gasteiger partial charge in [-0.1, -0.05) is 6.07 Å². The molecule has 2 nitrogen and oxygen atoms in total. The number of halogens is 3. The number of alkyl halides is 3. The Bertz CT molecular complexity index is 417. The van der Waals surface area contributed by atoms with Gasteiger partial charge in [0.1, 0.15) is 0 Å². The van der Waals surface area contributed by atoms with Gasteiger partial charge in [-0.05, 0) is 42.5 Å². The molecule has 1 aliphatic carbocycles. The van der Waals surface area contributed by atoms with E-state index in [1.54, 1.807) is 0 Å². The largest absolute Gasteiger partial charge is 0.416 e. The van der Waals surface area contributed by atoms with Crippen LogP contribution in [0.3, 0.4) is 0 Å². The molecule has 3 N–H and O–H groups in total. The molecule has 1 aromatic rings. The van der Waals surface area contributed by atoms with Crippen LogP contribution in [0.15, 0.2) is 18.2 Å². The van der Waals surface area contributed by atoms with Gasteiger partial charge >= 0.3 is 6.18 Å². The first-order chi connectivity index (χ1) is 7.89. The zero-order valence-electron chi connectivity index (χ0n) is 9.17. The third-order valence-electron chi connectivity index (χ3n) is 3.18. The number of hydrogen-bond acceptors (Lipinski definition) is 2. The first-order valence-corrected chi connectivity index (χ1v) is 5.53. The Kier molecular flexibility index (Phi) is 3.14. The number of nitrogens with two attached hydrogens (primary N) is 1. The van der Waals surface area contributed by atoms with Gasteiger partial charge in [-0.2, -0.15) is 13.2 Å². The second kappa shape index (κ2) is 4.31. The average molecular weight is 245 g/mol. The van der Waals surface area contributed by atoms with Crippen molar-refractivity contribution in [3.8, 4) is 0 Å². The smallest absolute Gasteiger partial charge is 0.387 e. The molecule has 0 amide bonds. The van der Waals surface area contributed by atoms with Crippen LogP contribution in [0.25, 0.3) is 0 Å². The Morgan fingerprint density at radius 3 is 2.65 bits per heavy atom. The summed E-state index contributed by atoms with van der Waals surface area (Å²) in [6.07, 6.45) is -3.31. The molecule has 17 heavy (non-hydrogen) atoms. The van der Waals surface area contributed by atoms with Gasteiger partial charge in [0.05, 0.1) is 11.7 Å². The molecule has 0 bridgehead atoms. The van der Waals surface area contributed by atoms with Crippen molar-refractivity contribution in [1.29, 1.82) is 0 Å². The summed E-state index contributed by atoms with van der Waals surface area (Å²) < 4.78 is 37.7. The number of benzene rings is 1. The van der Waals surface area contributed by atoms with Gasteiger partial charge in [-0.15, -0.1) is 0 Å². The SMILES string of the molecule is N[C@@H]1CCCc2ccc(C(F)(F)F)cc2[C@H]1O. The van der Waals surface area contributed by atoms with Gasteiger partial charge in [0, 0.05) is 6.04 Å². The Hall–Kier alpha value is -1.07. The molecular weight excluding hydrogens is 231 g/mol. The normalized spacial score (nSPS) is 25.2. The van der Waals surface area contributed by atoms with Crippen molar-refractivity contribution in [3.05, 3.63) is 34.9 Å². The van der Waals surface area contributed by atoms with Crippen molar-refractivity contribution in [2.24, 2.45) is 5.73 Å². The van der Waals surface area contributed by atoms with E-state index in [1.165, 1.54) is 6.07 Å². The number of fused-ring (bicyclic) bond motifs is 1. The fraction of sp³-hybridized carbons (Fsp3) is 0.500. The number of aryl methyl sites for hydroxylation is 1. The van der Waals surface area contributed by atoms with Gasteiger partial charge < -0.3 is 10.8 Å². The summed E-state index contributed by atoms with van der Waals surface area (Å²) in [5, 5.41) is 9.91. The van der Waals surface area contributed by atoms with E-state index in [9.17, 15) is 18.3 Å². The predicted molar refractivity (Wildman–Crippen MR) is 57.3 cm³/mol. The van der Waals surface area contributed by atoms with E-state index >= 15 is 0 Å². The molecule has 0 aliphatic heterocycles. The van der Waals surface area contributed by atoms with Crippen molar-refractivity contribution in [3.63, 3.8) is 0 Å². The summed E-state index contributed by atoms with van der Waals surface area (Å²) in [6, 6.07) is 3.03. The molecular formula is C12H14F3NO. The van der Waals surface area contributed by atoms with E-state index in [4.69, 9.17) is 5.73 Å². The highest BCUT2D eigenvalue weighted by Crippen LogP contribution is 2.34. The Morgan fingerprint density at radius 1 is 1.29 bits per heavy atom. The maximum atomic E-state index is 12.6. The Balaban J connectivity index is 2.46. The predicted octanol–water partition coefficient (Wildman–Crippen LogP) is 2.40. The van der Waals surface area contributed by atoms with Crippen LogP contribution < -0.4 is 5.73 Å². The lowest BCUT2D eigenvalue weighted by atomic mass is 9.96. The number of rotatable bonds is 0. The number of aliphatic hydroxyl groups is 1. The lowest BCUT2D eigenvalue weighted by molar-refractivity contribution is -0.137. The standard InChI is InChI=1S/C12H14F3NO/c13-12(14,15)8-5-4-7-2-1-3-10(16)11(17)9(7)6-8/h4-6,10-11,17H,1-3,16H2/t10-,11-/m1/s1. The summed E-state index contributed by atoms with van der Waals surface area (Å²) in [6.45, 7) is 0. The molecule has 0 unspecified atom stereocenters. The zero-order chi connectivity index (χ0) is 12.6. The fourth-order valence-corrected chi connectivity index (χ4v) is 2.19. The molecule has 5 heteroatoms. The molecule has 0 saturated carbocycles. The minimum Gasteiger partial charge on any atom is -0.387 e. The molecule has 1 aliphatic rings.